The summed E-state index contributed by atoms with van der Waals surface area (Å²) < 4.78 is 17.0. The van der Waals surface area contributed by atoms with Crippen molar-refractivity contribution in [1.29, 1.82) is 0 Å². The fourth-order valence-electron chi connectivity index (χ4n) is 3.64. The number of fused-ring (bicyclic) bond motifs is 1. The molecule has 0 amide bonds. The molecule has 2 heterocycles. The van der Waals surface area contributed by atoms with Crippen LogP contribution in [0, 0.1) is 11.8 Å². The predicted octanol–water partition coefficient (Wildman–Crippen LogP) is 2.09. The van der Waals surface area contributed by atoms with E-state index in [0.29, 0.717) is 6.61 Å². The molecule has 4 heteroatoms. The van der Waals surface area contributed by atoms with E-state index in [2.05, 4.69) is 12.1 Å². The molecule has 1 aliphatic carbocycles. The van der Waals surface area contributed by atoms with Crippen LogP contribution in [-0.2, 0) is 19.0 Å². The molecular weight excluding hydrogens is 256 g/mol. The number of benzene rings is 1. The minimum atomic E-state index is -0.577. The average molecular weight is 274 g/mol. The van der Waals surface area contributed by atoms with E-state index in [0.717, 1.165) is 0 Å². The SMILES string of the molecule is CC1(C)OC[C@H]([C@H]2OC(=O)[C@@H]3[C@H](c4ccccc4)[C@H]23)O1. The maximum atomic E-state index is 12.0. The van der Waals surface area contributed by atoms with E-state index < -0.39 is 5.79 Å². The lowest BCUT2D eigenvalue weighted by atomic mass is 10.0. The largest absolute Gasteiger partial charge is 0.459 e. The molecule has 20 heavy (non-hydrogen) atoms. The maximum absolute atomic E-state index is 12.0. The van der Waals surface area contributed by atoms with E-state index in [1.807, 2.05) is 32.0 Å². The molecule has 0 N–H and O–H groups in total. The monoisotopic (exact) mass is 274 g/mol. The van der Waals surface area contributed by atoms with Gasteiger partial charge in [-0.05, 0) is 19.4 Å². The highest BCUT2D eigenvalue weighted by molar-refractivity contribution is 5.81. The summed E-state index contributed by atoms with van der Waals surface area (Å²) in [4.78, 5) is 12.0. The molecule has 5 atom stereocenters. The Labute approximate surface area is 118 Å². The standard InChI is InChI=1S/C16H18O4/c1-16(2)18-8-10(20-16)14-12-11(13(12)15(17)19-14)9-6-4-3-5-7-9/h3-7,10-14H,8H2,1-2H3/t10-,11-,12+,13-,14-/m1/s1. The van der Waals surface area contributed by atoms with Crippen molar-refractivity contribution in [1.82, 2.24) is 0 Å². The highest BCUT2D eigenvalue weighted by Crippen LogP contribution is 2.62. The Morgan fingerprint density at radius 2 is 1.90 bits per heavy atom. The Morgan fingerprint density at radius 3 is 2.55 bits per heavy atom. The molecule has 2 aliphatic heterocycles. The van der Waals surface area contributed by atoms with Gasteiger partial charge in [-0.1, -0.05) is 30.3 Å². The molecule has 4 nitrogen and oxygen atoms in total. The molecule has 0 unspecified atom stereocenters. The van der Waals surface area contributed by atoms with Gasteiger partial charge in [0.25, 0.3) is 0 Å². The highest BCUT2D eigenvalue weighted by Gasteiger charge is 2.68. The van der Waals surface area contributed by atoms with Crippen molar-refractivity contribution in [3.63, 3.8) is 0 Å². The van der Waals surface area contributed by atoms with E-state index in [-0.39, 0.29) is 35.9 Å². The van der Waals surface area contributed by atoms with Gasteiger partial charge < -0.3 is 14.2 Å². The van der Waals surface area contributed by atoms with Crippen LogP contribution < -0.4 is 0 Å². The van der Waals surface area contributed by atoms with Crippen LogP contribution in [0.3, 0.4) is 0 Å². The van der Waals surface area contributed by atoms with Gasteiger partial charge >= 0.3 is 5.97 Å². The topological polar surface area (TPSA) is 44.8 Å². The van der Waals surface area contributed by atoms with Crippen LogP contribution >= 0.6 is 0 Å². The van der Waals surface area contributed by atoms with Crippen LogP contribution in [0.25, 0.3) is 0 Å². The lowest BCUT2D eigenvalue weighted by molar-refractivity contribution is -0.166. The zero-order valence-corrected chi connectivity index (χ0v) is 11.6. The van der Waals surface area contributed by atoms with Crippen molar-refractivity contribution in [2.45, 2.75) is 37.8 Å². The molecule has 0 radical (unpaired) electrons. The zero-order valence-electron chi connectivity index (χ0n) is 11.6. The molecule has 2 saturated heterocycles. The Bertz CT molecular complexity index is 539. The Morgan fingerprint density at radius 1 is 1.15 bits per heavy atom. The van der Waals surface area contributed by atoms with Crippen molar-refractivity contribution in [2.24, 2.45) is 11.8 Å². The van der Waals surface area contributed by atoms with E-state index >= 15 is 0 Å². The second-order valence-corrected chi connectivity index (χ2v) is 6.31. The normalized spacial score (nSPS) is 41.3. The van der Waals surface area contributed by atoms with Crippen LogP contribution in [0.2, 0.25) is 0 Å². The minimum Gasteiger partial charge on any atom is -0.459 e. The third-order valence-electron chi connectivity index (χ3n) is 4.56. The van der Waals surface area contributed by atoms with Gasteiger partial charge in [-0.15, -0.1) is 0 Å². The summed E-state index contributed by atoms with van der Waals surface area (Å²) in [5.41, 5.74) is 1.22. The molecule has 106 valence electrons. The van der Waals surface area contributed by atoms with Crippen molar-refractivity contribution < 1.29 is 19.0 Å². The average Bonchev–Trinajstić information content (AvgIpc) is 2.94. The quantitative estimate of drug-likeness (QED) is 0.775. The van der Waals surface area contributed by atoms with Gasteiger partial charge in [0.05, 0.1) is 12.5 Å². The van der Waals surface area contributed by atoms with Gasteiger partial charge in [0, 0.05) is 11.8 Å². The number of esters is 1. The molecule has 4 rings (SSSR count). The van der Waals surface area contributed by atoms with Crippen LogP contribution in [0.5, 0.6) is 0 Å². The van der Waals surface area contributed by atoms with Crippen molar-refractivity contribution >= 4 is 5.97 Å². The molecule has 0 aromatic heterocycles. The number of ether oxygens (including phenoxy) is 3. The van der Waals surface area contributed by atoms with Gasteiger partial charge in [-0.25, -0.2) is 0 Å². The van der Waals surface area contributed by atoms with Crippen LogP contribution in [0.4, 0.5) is 0 Å². The van der Waals surface area contributed by atoms with Gasteiger partial charge in [0.15, 0.2) is 5.79 Å². The Balaban J connectivity index is 1.55. The second kappa shape index (κ2) is 4.06. The first-order valence-corrected chi connectivity index (χ1v) is 7.14. The highest BCUT2D eigenvalue weighted by atomic mass is 16.8. The molecule has 1 saturated carbocycles. The maximum Gasteiger partial charge on any atom is 0.310 e. The number of carbonyl (C=O) groups is 1. The first-order valence-electron chi connectivity index (χ1n) is 7.14. The smallest absolute Gasteiger partial charge is 0.310 e. The number of hydrogen-bond acceptors (Lipinski definition) is 4. The summed E-state index contributed by atoms with van der Waals surface area (Å²) in [6.07, 6.45) is -0.308. The summed E-state index contributed by atoms with van der Waals surface area (Å²) in [6, 6.07) is 10.2. The third kappa shape index (κ3) is 1.79. The van der Waals surface area contributed by atoms with Gasteiger partial charge in [-0.3, -0.25) is 4.79 Å². The number of carbonyl (C=O) groups excluding carboxylic acids is 1. The predicted molar refractivity (Wildman–Crippen MR) is 70.9 cm³/mol. The first kappa shape index (κ1) is 12.4. The van der Waals surface area contributed by atoms with E-state index in [4.69, 9.17) is 14.2 Å². The van der Waals surface area contributed by atoms with Crippen molar-refractivity contribution in [2.75, 3.05) is 6.61 Å². The van der Waals surface area contributed by atoms with Crippen LogP contribution in [0.1, 0.15) is 25.3 Å². The van der Waals surface area contributed by atoms with Crippen molar-refractivity contribution in [3.8, 4) is 0 Å². The molecule has 0 spiro atoms. The zero-order chi connectivity index (χ0) is 13.9. The number of rotatable bonds is 2. The summed E-state index contributed by atoms with van der Waals surface area (Å²) in [7, 11) is 0. The van der Waals surface area contributed by atoms with Crippen LogP contribution in [0.15, 0.2) is 30.3 Å². The summed E-state index contributed by atoms with van der Waals surface area (Å²) in [5, 5.41) is 0. The van der Waals surface area contributed by atoms with E-state index in [1.54, 1.807) is 0 Å². The molecule has 1 aromatic carbocycles. The van der Waals surface area contributed by atoms with Crippen LogP contribution in [-0.4, -0.2) is 30.6 Å². The van der Waals surface area contributed by atoms with Gasteiger partial charge in [0.2, 0.25) is 0 Å². The second-order valence-electron chi connectivity index (χ2n) is 6.31. The van der Waals surface area contributed by atoms with E-state index in [1.165, 1.54) is 5.56 Å². The molecule has 0 bridgehead atoms. The van der Waals surface area contributed by atoms with Gasteiger partial charge in [-0.2, -0.15) is 0 Å². The molecule has 1 aromatic rings. The fraction of sp³-hybridized carbons (Fsp3) is 0.562. The Kier molecular flexibility index (Phi) is 2.51. The third-order valence-corrected chi connectivity index (χ3v) is 4.56. The summed E-state index contributed by atoms with van der Waals surface area (Å²) in [5.74, 6) is -0.120. The first-order chi connectivity index (χ1) is 9.57. The van der Waals surface area contributed by atoms with Gasteiger partial charge in [0.1, 0.15) is 12.2 Å². The molecular formula is C16H18O4. The molecule has 3 fully saturated rings. The number of hydrogen-bond donors (Lipinski definition) is 0. The number of cyclic esters (lactones) is 1. The Hall–Kier alpha value is -1.39. The lowest BCUT2D eigenvalue weighted by Gasteiger charge is -2.22. The summed E-state index contributed by atoms with van der Waals surface area (Å²) >= 11 is 0. The fourth-order valence-corrected chi connectivity index (χ4v) is 3.64. The molecule has 3 aliphatic rings. The lowest BCUT2D eigenvalue weighted by Crippen LogP contribution is -2.34. The summed E-state index contributed by atoms with van der Waals surface area (Å²) in [6.45, 7) is 4.28. The van der Waals surface area contributed by atoms with E-state index in [9.17, 15) is 4.79 Å². The minimum absolute atomic E-state index is 0.00899. The van der Waals surface area contributed by atoms with Crippen molar-refractivity contribution in [3.05, 3.63) is 35.9 Å².